The van der Waals surface area contributed by atoms with E-state index in [1.807, 2.05) is 6.92 Å². The van der Waals surface area contributed by atoms with Crippen molar-refractivity contribution in [2.45, 2.75) is 26.7 Å². The fraction of sp³-hybridized carbons (Fsp3) is 1.00. The van der Waals surface area contributed by atoms with Crippen LogP contribution in [0.15, 0.2) is 0 Å². The largest absolute Gasteiger partial charge is 0.380 e. The summed E-state index contributed by atoms with van der Waals surface area (Å²) in [6, 6.07) is 0. The first-order valence-electron chi connectivity index (χ1n) is 5.50. The number of hydrogen-bond acceptors (Lipinski definition) is 4. The van der Waals surface area contributed by atoms with Gasteiger partial charge in [0.2, 0.25) is 0 Å². The van der Waals surface area contributed by atoms with Crippen LogP contribution in [-0.2, 0) is 14.6 Å². The molecule has 92 valence electrons. The van der Waals surface area contributed by atoms with Gasteiger partial charge in [0.15, 0.2) is 9.84 Å². The minimum absolute atomic E-state index is 0.0330. The molecule has 0 amide bonds. The molecule has 0 aromatic rings. The SMILES string of the molecule is CCCCOCCS(=O)(=O)CC(C)CN. The van der Waals surface area contributed by atoms with Crippen LogP contribution in [0.25, 0.3) is 0 Å². The number of hydrogen-bond donors (Lipinski definition) is 1. The molecule has 4 nitrogen and oxygen atoms in total. The van der Waals surface area contributed by atoms with Crippen LogP contribution in [0.2, 0.25) is 0 Å². The Morgan fingerprint density at radius 1 is 1.33 bits per heavy atom. The Bertz CT molecular complexity index is 239. The molecule has 0 radical (unpaired) electrons. The van der Waals surface area contributed by atoms with Crippen LogP contribution in [0.5, 0.6) is 0 Å². The summed E-state index contributed by atoms with van der Waals surface area (Å²) in [5.74, 6) is 0.312. The van der Waals surface area contributed by atoms with E-state index in [0.717, 1.165) is 12.8 Å². The molecule has 0 aliphatic rings. The van der Waals surface area contributed by atoms with Crippen molar-refractivity contribution in [1.82, 2.24) is 0 Å². The van der Waals surface area contributed by atoms with Crippen molar-refractivity contribution in [2.24, 2.45) is 11.7 Å². The lowest BCUT2D eigenvalue weighted by Crippen LogP contribution is -2.24. The third-order valence-corrected chi connectivity index (χ3v) is 3.99. The van der Waals surface area contributed by atoms with E-state index in [1.165, 1.54) is 0 Å². The molecule has 0 heterocycles. The molecule has 2 N–H and O–H groups in total. The summed E-state index contributed by atoms with van der Waals surface area (Å²) in [6.07, 6.45) is 2.05. The van der Waals surface area contributed by atoms with Gasteiger partial charge in [-0.05, 0) is 18.9 Å². The molecule has 0 aliphatic heterocycles. The van der Waals surface area contributed by atoms with E-state index in [2.05, 4.69) is 6.92 Å². The van der Waals surface area contributed by atoms with E-state index in [-0.39, 0.29) is 17.4 Å². The van der Waals surface area contributed by atoms with E-state index >= 15 is 0 Å². The van der Waals surface area contributed by atoms with Crippen molar-refractivity contribution in [3.05, 3.63) is 0 Å². The zero-order chi connectivity index (χ0) is 11.7. The summed E-state index contributed by atoms with van der Waals surface area (Å²) in [4.78, 5) is 0. The summed E-state index contributed by atoms with van der Waals surface area (Å²) in [5.41, 5.74) is 5.38. The highest BCUT2D eigenvalue weighted by molar-refractivity contribution is 7.91. The Morgan fingerprint density at radius 2 is 2.00 bits per heavy atom. The maximum absolute atomic E-state index is 11.5. The highest BCUT2D eigenvalue weighted by Gasteiger charge is 2.14. The zero-order valence-electron chi connectivity index (χ0n) is 9.74. The van der Waals surface area contributed by atoms with Gasteiger partial charge in [0.05, 0.1) is 18.1 Å². The van der Waals surface area contributed by atoms with Gasteiger partial charge in [-0.2, -0.15) is 0 Å². The van der Waals surface area contributed by atoms with Gasteiger partial charge in [-0.15, -0.1) is 0 Å². The number of unbranched alkanes of at least 4 members (excludes halogenated alkanes) is 1. The van der Waals surface area contributed by atoms with Gasteiger partial charge in [-0.3, -0.25) is 0 Å². The maximum atomic E-state index is 11.5. The van der Waals surface area contributed by atoms with Crippen molar-refractivity contribution < 1.29 is 13.2 Å². The second-order valence-electron chi connectivity index (χ2n) is 3.92. The monoisotopic (exact) mass is 237 g/mol. The van der Waals surface area contributed by atoms with Gasteiger partial charge in [0, 0.05) is 6.61 Å². The normalized spacial score (nSPS) is 14.1. The molecular formula is C10H23NO3S. The Labute approximate surface area is 93.1 Å². The first kappa shape index (κ1) is 14.9. The predicted octanol–water partition coefficient (Wildman–Crippen LogP) is 0.813. The zero-order valence-corrected chi connectivity index (χ0v) is 10.6. The van der Waals surface area contributed by atoms with E-state index in [4.69, 9.17) is 10.5 Å². The number of rotatable bonds is 9. The fourth-order valence-corrected chi connectivity index (χ4v) is 2.66. The van der Waals surface area contributed by atoms with E-state index < -0.39 is 9.84 Å². The average molecular weight is 237 g/mol. The van der Waals surface area contributed by atoms with Gasteiger partial charge in [-0.1, -0.05) is 20.3 Å². The summed E-state index contributed by atoms with van der Waals surface area (Å²) in [5, 5.41) is 0. The lowest BCUT2D eigenvalue weighted by Gasteiger charge is -2.09. The van der Waals surface area contributed by atoms with Crippen molar-refractivity contribution in [3.63, 3.8) is 0 Å². The lowest BCUT2D eigenvalue weighted by molar-refractivity contribution is 0.146. The minimum Gasteiger partial charge on any atom is -0.380 e. The molecule has 15 heavy (non-hydrogen) atoms. The number of sulfone groups is 1. The second-order valence-corrected chi connectivity index (χ2v) is 6.15. The molecule has 0 aliphatic carbocycles. The van der Waals surface area contributed by atoms with E-state index in [1.54, 1.807) is 0 Å². The summed E-state index contributed by atoms with van der Waals surface area (Å²) in [7, 11) is -2.99. The summed E-state index contributed by atoms with van der Waals surface area (Å²) >= 11 is 0. The van der Waals surface area contributed by atoms with Crippen LogP contribution in [0, 0.1) is 5.92 Å². The molecule has 0 saturated heterocycles. The van der Waals surface area contributed by atoms with Crippen LogP contribution in [0.4, 0.5) is 0 Å². The summed E-state index contributed by atoms with van der Waals surface area (Å²) in [6.45, 7) is 5.28. The van der Waals surface area contributed by atoms with Crippen LogP contribution in [-0.4, -0.2) is 39.7 Å². The van der Waals surface area contributed by atoms with Crippen LogP contribution < -0.4 is 5.73 Å². The molecule has 1 atom stereocenters. The molecule has 0 rings (SSSR count). The van der Waals surface area contributed by atoms with Gasteiger partial charge in [0.1, 0.15) is 0 Å². The van der Waals surface area contributed by atoms with E-state index in [0.29, 0.717) is 19.8 Å². The van der Waals surface area contributed by atoms with Crippen LogP contribution >= 0.6 is 0 Å². The third kappa shape index (κ3) is 8.84. The Kier molecular flexibility index (Phi) is 8.00. The number of nitrogens with two attached hydrogens (primary N) is 1. The first-order valence-corrected chi connectivity index (χ1v) is 7.32. The Balaban J connectivity index is 3.65. The first-order chi connectivity index (χ1) is 7.02. The molecule has 0 fully saturated rings. The van der Waals surface area contributed by atoms with Crippen molar-refractivity contribution in [1.29, 1.82) is 0 Å². The van der Waals surface area contributed by atoms with Gasteiger partial charge >= 0.3 is 0 Å². The minimum atomic E-state index is -2.99. The lowest BCUT2D eigenvalue weighted by atomic mass is 10.2. The smallest absolute Gasteiger partial charge is 0.152 e. The van der Waals surface area contributed by atoms with Gasteiger partial charge in [0.25, 0.3) is 0 Å². The molecule has 0 bridgehead atoms. The average Bonchev–Trinajstić information content (AvgIpc) is 2.16. The van der Waals surface area contributed by atoms with Gasteiger partial charge in [-0.25, -0.2) is 8.42 Å². The topological polar surface area (TPSA) is 69.4 Å². The fourth-order valence-electron chi connectivity index (χ4n) is 1.12. The quantitative estimate of drug-likeness (QED) is 0.603. The molecule has 0 saturated carbocycles. The summed E-state index contributed by atoms with van der Waals surface area (Å²) < 4.78 is 28.2. The Hall–Kier alpha value is -0.130. The molecule has 0 spiro atoms. The molecule has 0 aromatic carbocycles. The van der Waals surface area contributed by atoms with Gasteiger partial charge < -0.3 is 10.5 Å². The van der Waals surface area contributed by atoms with Crippen molar-refractivity contribution in [2.75, 3.05) is 31.3 Å². The molecule has 0 aromatic heterocycles. The third-order valence-electron chi connectivity index (χ3n) is 2.12. The highest BCUT2D eigenvalue weighted by Crippen LogP contribution is 2.00. The van der Waals surface area contributed by atoms with Crippen molar-refractivity contribution >= 4 is 9.84 Å². The number of ether oxygens (including phenoxy) is 1. The standard InChI is InChI=1S/C10H23NO3S/c1-3-4-5-14-6-7-15(12,13)9-10(2)8-11/h10H,3-9,11H2,1-2H3. The molecule has 5 heteroatoms. The highest BCUT2D eigenvalue weighted by atomic mass is 32.2. The maximum Gasteiger partial charge on any atom is 0.152 e. The van der Waals surface area contributed by atoms with Crippen LogP contribution in [0.3, 0.4) is 0 Å². The molecular weight excluding hydrogens is 214 g/mol. The van der Waals surface area contributed by atoms with E-state index in [9.17, 15) is 8.42 Å². The van der Waals surface area contributed by atoms with Crippen molar-refractivity contribution in [3.8, 4) is 0 Å². The predicted molar refractivity (Wildman–Crippen MR) is 62.6 cm³/mol. The molecule has 1 unspecified atom stereocenters. The second kappa shape index (κ2) is 8.07. The van der Waals surface area contributed by atoms with Crippen LogP contribution in [0.1, 0.15) is 26.7 Å². The Morgan fingerprint density at radius 3 is 2.53 bits per heavy atom.